The van der Waals surface area contributed by atoms with Crippen LogP contribution in [0.5, 0.6) is 0 Å². The van der Waals surface area contributed by atoms with Gasteiger partial charge < -0.3 is 4.48 Å². The fourth-order valence-corrected chi connectivity index (χ4v) is 4.76. The van der Waals surface area contributed by atoms with Crippen molar-refractivity contribution in [2.24, 2.45) is 0 Å². The Bertz CT molecular complexity index is 508. The van der Waals surface area contributed by atoms with Crippen molar-refractivity contribution >= 4 is 0 Å². The summed E-state index contributed by atoms with van der Waals surface area (Å²) in [6.45, 7) is 10.1. The van der Waals surface area contributed by atoms with Crippen molar-refractivity contribution in [2.75, 3.05) is 26.7 Å². The molecule has 0 N–H and O–H groups in total. The van der Waals surface area contributed by atoms with Crippen LogP contribution in [0.15, 0.2) is 43.0 Å². The van der Waals surface area contributed by atoms with Crippen molar-refractivity contribution in [3.63, 3.8) is 0 Å². The molecule has 0 aliphatic rings. The second kappa shape index (κ2) is 19.6. The minimum atomic E-state index is 1.13. The van der Waals surface area contributed by atoms with Crippen LogP contribution in [-0.2, 0) is 6.42 Å². The van der Waals surface area contributed by atoms with E-state index in [1.54, 1.807) is 0 Å². The maximum Gasteiger partial charge on any atom is 0.0969 e. The van der Waals surface area contributed by atoms with E-state index < -0.39 is 0 Å². The van der Waals surface area contributed by atoms with Crippen LogP contribution in [0.3, 0.4) is 0 Å². The zero-order chi connectivity index (χ0) is 22.5. The summed E-state index contributed by atoms with van der Waals surface area (Å²) in [7, 11) is 2.45. The van der Waals surface area contributed by atoms with E-state index in [-0.39, 0.29) is 0 Å². The Kier molecular flexibility index (Phi) is 17.7. The first-order valence-electron chi connectivity index (χ1n) is 13.7. The molecular formula is C30H54N+. The summed E-state index contributed by atoms with van der Waals surface area (Å²) in [4.78, 5) is 0. The average molecular weight is 429 g/mol. The van der Waals surface area contributed by atoms with E-state index in [1.165, 1.54) is 132 Å². The Hall–Kier alpha value is -1.08. The highest BCUT2D eigenvalue weighted by molar-refractivity contribution is 5.14. The molecule has 0 spiro atoms. The number of rotatable bonds is 22. The summed E-state index contributed by atoms with van der Waals surface area (Å²) in [5, 5.41) is 0. The van der Waals surface area contributed by atoms with Crippen molar-refractivity contribution in [1.29, 1.82) is 0 Å². The molecule has 0 aromatic heterocycles. The third-order valence-electron chi connectivity index (χ3n) is 6.88. The molecule has 1 atom stereocenters. The van der Waals surface area contributed by atoms with Crippen molar-refractivity contribution in [3.8, 4) is 0 Å². The number of aryl methyl sites for hydroxylation is 1. The molecule has 1 unspecified atom stereocenters. The molecule has 1 aromatic rings. The molecular weight excluding hydrogens is 374 g/mol. The summed E-state index contributed by atoms with van der Waals surface area (Å²) in [6, 6.07) is 10.9. The van der Waals surface area contributed by atoms with E-state index in [2.05, 4.69) is 57.0 Å². The molecule has 1 heteroatoms. The second-order valence-corrected chi connectivity index (χ2v) is 10.1. The molecule has 0 heterocycles. The highest BCUT2D eigenvalue weighted by Gasteiger charge is 2.18. The number of quaternary nitrogens is 1. The first kappa shape index (κ1) is 28.0. The van der Waals surface area contributed by atoms with E-state index in [4.69, 9.17) is 0 Å². The molecule has 0 bridgehead atoms. The van der Waals surface area contributed by atoms with Crippen LogP contribution < -0.4 is 0 Å². The third-order valence-corrected chi connectivity index (χ3v) is 6.88. The topological polar surface area (TPSA) is 0 Å². The normalized spacial score (nSPS) is 13.2. The zero-order valence-electron chi connectivity index (χ0n) is 21.3. The highest BCUT2D eigenvalue weighted by atomic mass is 15.3. The Morgan fingerprint density at radius 1 is 0.645 bits per heavy atom. The van der Waals surface area contributed by atoms with Gasteiger partial charge in [-0.25, -0.2) is 0 Å². The van der Waals surface area contributed by atoms with Crippen LogP contribution in [0.4, 0.5) is 0 Å². The van der Waals surface area contributed by atoms with Crippen molar-refractivity contribution in [2.45, 2.75) is 116 Å². The van der Waals surface area contributed by atoms with Crippen LogP contribution in [-0.4, -0.2) is 31.2 Å². The predicted molar refractivity (Wildman–Crippen MR) is 141 cm³/mol. The first-order chi connectivity index (χ1) is 15.2. The van der Waals surface area contributed by atoms with Gasteiger partial charge >= 0.3 is 0 Å². The molecule has 0 amide bonds. The molecule has 0 radical (unpaired) electrons. The molecule has 0 saturated carbocycles. The lowest BCUT2D eigenvalue weighted by Crippen LogP contribution is -2.45. The summed E-state index contributed by atoms with van der Waals surface area (Å²) >= 11 is 0. The van der Waals surface area contributed by atoms with E-state index in [1.807, 2.05) is 0 Å². The molecule has 0 fully saturated rings. The molecule has 0 saturated heterocycles. The number of nitrogens with zero attached hydrogens (tertiary/aromatic N) is 1. The summed E-state index contributed by atoms with van der Waals surface area (Å²) in [5.74, 6) is 0. The van der Waals surface area contributed by atoms with Gasteiger partial charge in [0.2, 0.25) is 0 Å². The minimum Gasteiger partial charge on any atom is -0.323 e. The van der Waals surface area contributed by atoms with Gasteiger partial charge in [0.15, 0.2) is 0 Å². The maximum atomic E-state index is 4.03. The highest BCUT2D eigenvalue weighted by Crippen LogP contribution is 2.15. The SMILES string of the molecule is C=CC[N+](C)(CCCCCCCCCCCCC)CCCCCCCc1ccccc1. The molecule has 1 rings (SSSR count). The van der Waals surface area contributed by atoms with Gasteiger partial charge in [-0.15, -0.1) is 0 Å². The maximum absolute atomic E-state index is 4.03. The van der Waals surface area contributed by atoms with Gasteiger partial charge in [0.1, 0.15) is 0 Å². The van der Waals surface area contributed by atoms with Crippen LogP contribution >= 0.6 is 0 Å². The summed E-state index contributed by atoms with van der Waals surface area (Å²) < 4.78 is 1.20. The summed E-state index contributed by atoms with van der Waals surface area (Å²) in [6.07, 6.45) is 26.0. The lowest BCUT2D eigenvalue weighted by Gasteiger charge is -2.34. The van der Waals surface area contributed by atoms with E-state index in [0.29, 0.717) is 0 Å². The van der Waals surface area contributed by atoms with Crippen molar-refractivity contribution in [1.82, 2.24) is 0 Å². The van der Waals surface area contributed by atoms with Gasteiger partial charge in [0, 0.05) is 0 Å². The number of unbranched alkanes of at least 4 members (excludes halogenated alkanes) is 14. The Labute approximate surface area is 195 Å². The molecule has 0 aliphatic carbocycles. The minimum absolute atomic E-state index is 1.13. The number of benzene rings is 1. The second-order valence-electron chi connectivity index (χ2n) is 10.1. The largest absolute Gasteiger partial charge is 0.323 e. The molecule has 0 aliphatic heterocycles. The third kappa shape index (κ3) is 16.2. The lowest BCUT2D eigenvalue weighted by atomic mass is 10.0. The van der Waals surface area contributed by atoms with Gasteiger partial charge in [0.05, 0.1) is 26.7 Å². The van der Waals surface area contributed by atoms with Crippen LogP contribution in [0.1, 0.15) is 115 Å². The van der Waals surface area contributed by atoms with Crippen LogP contribution in [0, 0.1) is 0 Å². The van der Waals surface area contributed by atoms with Crippen LogP contribution in [0.2, 0.25) is 0 Å². The van der Waals surface area contributed by atoms with Gasteiger partial charge in [-0.3, -0.25) is 0 Å². The molecule has 1 nitrogen and oxygen atoms in total. The molecule has 1 aromatic carbocycles. The monoisotopic (exact) mass is 428 g/mol. The Morgan fingerprint density at radius 2 is 1.10 bits per heavy atom. The van der Waals surface area contributed by atoms with E-state index in [0.717, 1.165) is 6.54 Å². The fourth-order valence-electron chi connectivity index (χ4n) is 4.76. The van der Waals surface area contributed by atoms with Gasteiger partial charge in [-0.05, 0) is 50.2 Å². The molecule has 178 valence electrons. The van der Waals surface area contributed by atoms with Crippen LogP contribution in [0.25, 0.3) is 0 Å². The zero-order valence-corrected chi connectivity index (χ0v) is 21.3. The lowest BCUT2D eigenvalue weighted by molar-refractivity contribution is -0.904. The standard InChI is InChI=1S/C30H54N/c1-4-6-7-8-9-10-11-12-13-16-22-28-31(3,27-5-2)29-23-17-14-15-19-24-30-25-20-18-21-26-30/h5,18,20-21,25-26H,2,4,6-17,19,22-24,27-29H2,1,3H3/q+1. The Morgan fingerprint density at radius 3 is 1.58 bits per heavy atom. The number of hydrogen-bond donors (Lipinski definition) is 0. The van der Waals surface area contributed by atoms with Crippen molar-refractivity contribution in [3.05, 3.63) is 48.6 Å². The number of hydrogen-bond acceptors (Lipinski definition) is 0. The Balaban J connectivity index is 2.00. The summed E-state index contributed by atoms with van der Waals surface area (Å²) in [5.41, 5.74) is 1.49. The van der Waals surface area contributed by atoms with Crippen molar-refractivity contribution < 1.29 is 4.48 Å². The predicted octanol–water partition coefficient (Wildman–Crippen LogP) is 9.12. The van der Waals surface area contributed by atoms with Gasteiger partial charge in [0.25, 0.3) is 0 Å². The molecule has 31 heavy (non-hydrogen) atoms. The fraction of sp³-hybridized carbons (Fsp3) is 0.733. The van der Waals surface area contributed by atoms with E-state index >= 15 is 0 Å². The van der Waals surface area contributed by atoms with E-state index in [9.17, 15) is 0 Å². The first-order valence-corrected chi connectivity index (χ1v) is 13.7. The quantitative estimate of drug-likeness (QED) is 0.0981. The van der Waals surface area contributed by atoms with Gasteiger partial charge in [-0.2, -0.15) is 0 Å². The number of likely N-dealkylation sites (N-methyl/N-ethyl adjacent to an activating group) is 1. The van der Waals surface area contributed by atoms with Gasteiger partial charge in [-0.1, -0.05) is 114 Å². The average Bonchev–Trinajstić information content (AvgIpc) is 2.78. The smallest absolute Gasteiger partial charge is 0.0969 e.